The van der Waals surface area contributed by atoms with Crippen molar-refractivity contribution in [2.24, 2.45) is 11.8 Å². The van der Waals surface area contributed by atoms with Crippen molar-refractivity contribution in [2.75, 3.05) is 56.3 Å². The minimum atomic E-state index is -2.02. The highest BCUT2D eigenvalue weighted by Gasteiger charge is 2.76. The molecular weight excluding hydrogens is 843 g/mol. The minimum Gasteiger partial charge on any atom is -0.491 e. The summed E-state index contributed by atoms with van der Waals surface area (Å²) in [4.78, 5) is 91.5. The van der Waals surface area contributed by atoms with Crippen LogP contribution in [0.15, 0.2) is 128 Å². The van der Waals surface area contributed by atoms with E-state index in [1.807, 2.05) is 70.5 Å². The summed E-state index contributed by atoms with van der Waals surface area (Å²) in [6, 6.07) is 29.0. The number of anilines is 2. The standard InChI is InChI=1S/C50H51N7O9/c1-31(2)39(45(60)64-3)53-49(63)56-36-21-12-11-20-35(36)50(47(56)62)38(44(59)54-25-27-55(28-26-54)48-51-23-14-24-52-48)41-46(61)66-42(33-17-8-5-9-18-33)40(32-15-6-4-7-16-32)57(41)43(50)34-19-10-13-22-37(34)65-30-29-58/h4-24,31,38-43,58H,25-30H2,1-3H3,(H,53,63). The number of carbonyl (C=O) groups excluding carboxylic acids is 5. The molecule has 9 rings (SSSR count). The van der Waals surface area contributed by atoms with Gasteiger partial charge in [-0.25, -0.2) is 24.5 Å². The molecule has 5 aromatic rings. The average Bonchev–Trinajstić information content (AvgIpc) is 3.81. The first-order valence-electron chi connectivity index (χ1n) is 22.1. The summed E-state index contributed by atoms with van der Waals surface area (Å²) in [7, 11) is 1.22. The van der Waals surface area contributed by atoms with Gasteiger partial charge in [-0.2, -0.15) is 0 Å². The van der Waals surface area contributed by atoms with Crippen molar-refractivity contribution in [2.45, 2.75) is 49.5 Å². The molecule has 0 radical (unpaired) electrons. The van der Waals surface area contributed by atoms with Gasteiger partial charge in [0.1, 0.15) is 36.0 Å². The van der Waals surface area contributed by atoms with Crippen molar-refractivity contribution in [3.63, 3.8) is 0 Å². The van der Waals surface area contributed by atoms with Gasteiger partial charge in [-0.3, -0.25) is 19.3 Å². The number of hydrogen-bond donors (Lipinski definition) is 2. The van der Waals surface area contributed by atoms with E-state index in [1.165, 1.54) is 7.11 Å². The van der Waals surface area contributed by atoms with E-state index in [0.29, 0.717) is 41.5 Å². The molecule has 16 heteroatoms. The van der Waals surface area contributed by atoms with Gasteiger partial charge < -0.3 is 34.4 Å². The Balaban J connectivity index is 1.30. The lowest BCUT2D eigenvalue weighted by molar-refractivity contribution is -0.179. The number of aliphatic hydroxyl groups is 1. The molecule has 4 aliphatic heterocycles. The Morgan fingerprint density at radius 3 is 2.12 bits per heavy atom. The molecule has 4 amide bonds. The number of amides is 4. The van der Waals surface area contributed by atoms with E-state index in [4.69, 9.17) is 14.2 Å². The Morgan fingerprint density at radius 2 is 1.45 bits per heavy atom. The molecule has 4 aromatic carbocycles. The maximum atomic E-state index is 16.5. The first-order chi connectivity index (χ1) is 32.1. The Bertz CT molecular complexity index is 2600. The highest BCUT2D eigenvalue weighted by Crippen LogP contribution is 2.66. The van der Waals surface area contributed by atoms with E-state index in [0.717, 1.165) is 10.5 Å². The fourth-order valence-electron chi connectivity index (χ4n) is 10.4. The summed E-state index contributed by atoms with van der Waals surface area (Å²) in [6.45, 7) is 4.20. The third-order valence-electron chi connectivity index (χ3n) is 13.2. The van der Waals surface area contributed by atoms with Crippen molar-refractivity contribution in [1.82, 2.24) is 25.1 Å². The van der Waals surface area contributed by atoms with E-state index in [1.54, 1.807) is 85.7 Å². The lowest BCUT2D eigenvalue weighted by Crippen LogP contribution is -2.60. The second-order valence-corrected chi connectivity index (χ2v) is 17.1. The van der Waals surface area contributed by atoms with Crippen molar-refractivity contribution >= 4 is 41.4 Å². The van der Waals surface area contributed by atoms with Crippen LogP contribution in [-0.4, -0.2) is 113 Å². The van der Waals surface area contributed by atoms with E-state index < -0.39 is 77.3 Å². The molecule has 16 nitrogen and oxygen atoms in total. The van der Waals surface area contributed by atoms with Crippen LogP contribution in [-0.2, 0) is 34.1 Å². The number of rotatable bonds is 11. The maximum absolute atomic E-state index is 16.5. The van der Waals surface area contributed by atoms with Gasteiger partial charge in [-0.05, 0) is 40.8 Å². The number of aromatic nitrogens is 2. The summed E-state index contributed by atoms with van der Waals surface area (Å²) in [6.07, 6.45) is 2.38. The van der Waals surface area contributed by atoms with Gasteiger partial charge in [0.2, 0.25) is 17.8 Å². The number of piperazine rings is 1. The highest BCUT2D eigenvalue weighted by atomic mass is 16.6. The molecule has 2 N–H and O–H groups in total. The van der Waals surface area contributed by atoms with Crippen LogP contribution in [0.1, 0.15) is 54.3 Å². The zero-order valence-electron chi connectivity index (χ0n) is 36.8. The second-order valence-electron chi connectivity index (χ2n) is 17.1. The first-order valence-corrected chi connectivity index (χ1v) is 22.1. The van der Waals surface area contributed by atoms with Gasteiger partial charge in [0.05, 0.1) is 37.4 Å². The van der Waals surface area contributed by atoms with E-state index in [2.05, 4.69) is 15.3 Å². The molecule has 5 heterocycles. The molecule has 340 valence electrons. The van der Waals surface area contributed by atoms with Crippen LogP contribution >= 0.6 is 0 Å². The third-order valence-corrected chi connectivity index (χ3v) is 13.2. The van der Waals surface area contributed by atoms with Crippen LogP contribution in [0.4, 0.5) is 16.4 Å². The van der Waals surface area contributed by atoms with Crippen molar-refractivity contribution in [3.05, 3.63) is 150 Å². The van der Waals surface area contributed by atoms with E-state index >= 15 is 14.4 Å². The quantitative estimate of drug-likeness (QED) is 0.173. The molecule has 3 saturated heterocycles. The summed E-state index contributed by atoms with van der Waals surface area (Å²) in [5.74, 6) is -3.80. The topological polar surface area (TPSA) is 184 Å². The van der Waals surface area contributed by atoms with Gasteiger partial charge >= 0.3 is 18.0 Å². The van der Waals surface area contributed by atoms with Crippen LogP contribution in [0.5, 0.6) is 5.75 Å². The molecule has 0 saturated carbocycles. The minimum absolute atomic E-state index is 0.0993. The smallest absolute Gasteiger partial charge is 0.329 e. The maximum Gasteiger partial charge on any atom is 0.329 e. The monoisotopic (exact) mass is 893 g/mol. The number of hydrogen-bond acceptors (Lipinski definition) is 13. The molecule has 4 aliphatic rings. The molecule has 0 aliphatic carbocycles. The Morgan fingerprint density at radius 1 is 0.818 bits per heavy atom. The molecule has 1 aromatic heterocycles. The van der Waals surface area contributed by atoms with Crippen LogP contribution in [0.25, 0.3) is 0 Å². The Hall–Kier alpha value is -7.17. The first kappa shape index (κ1) is 44.1. The molecule has 1 spiro atoms. The third kappa shape index (κ3) is 7.39. The van der Waals surface area contributed by atoms with Crippen molar-refractivity contribution in [1.29, 1.82) is 0 Å². The van der Waals surface area contributed by atoms with Crippen LogP contribution in [0.3, 0.4) is 0 Å². The number of fused-ring (bicyclic) bond motifs is 3. The largest absolute Gasteiger partial charge is 0.491 e. The fraction of sp³-hybridized carbons (Fsp3) is 0.340. The van der Waals surface area contributed by atoms with Gasteiger partial charge in [0, 0.05) is 44.1 Å². The molecular formula is C50H51N7O9. The summed E-state index contributed by atoms with van der Waals surface area (Å²) in [5.41, 5.74) is 0.356. The van der Waals surface area contributed by atoms with Gasteiger partial charge in [-0.1, -0.05) is 111 Å². The Labute approximate surface area is 382 Å². The number of aliphatic hydroxyl groups excluding tert-OH is 1. The number of imide groups is 1. The number of nitrogens with zero attached hydrogens (tertiary/aromatic N) is 6. The SMILES string of the molecule is COC(=O)C(NC(=O)N1C(=O)C2(c3ccccc31)C(C(=O)N1CCN(c3ncccn3)CC1)C1C(=O)OC(c3ccccc3)C(c3ccccc3)N1C2c1ccccc1OCCO)C(C)C. The summed E-state index contributed by atoms with van der Waals surface area (Å²) in [5, 5.41) is 12.8. The average molecular weight is 894 g/mol. The van der Waals surface area contributed by atoms with Crippen molar-refractivity contribution < 1.29 is 43.3 Å². The molecule has 7 atom stereocenters. The predicted octanol–water partition coefficient (Wildman–Crippen LogP) is 4.77. The molecule has 66 heavy (non-hydrogen) atoms. The number of para-hydroxylation sites is 2. The molecule has 7 unspecified atom stereocenters. The van der Waals surface area contributed by atoms with Crippen LogP contribution in [0.2, 0.25) is 0 Å². The Kier molecular flexibility index (Phi) is 12.3. The number of esters is 2. The van der Waals surface area contributed by atoms with Gasteiger partial charge in [0.15, 0.2) is 0 Å². The number of carbonyl (C=O) groups is 5. The lowest BCUT2D eigenvalue weighted by Gasteiger charge is -2.46. The predicted molar refractivity (Wildman–Crippen MR) is 241 cm³/mol. The number of methoxy groups -OCH3 is 1. The summed E-state index contributed by atoms with van der Waals surface area (Å²) >= 11 is 0. The number of cyclic esters (lactones) is 1. The normalized spacial score (nSPS) is 24.1. The van der Waals surface area contributed by atoms with Crippen LogP contribution < -0.4 is 19.9 Å². The van der Waals surface area contributed by atoms with Crippen LogP contribution in [0, 0.1) is 11.8 Å². The summed E-state index contributed by atoms with van der Waals surface area (Å²) < 4.78 is 17.9. The van der Waals surface area contributed by atoms with E-state index in [-0.39, 0.29) is 32.0 Å². The molecule has 0 bridgehead atoms. The number of nitrogens with one attached hydrogen (secondary N) is 1. The van der Waals surface area contributed by atoms with E-state index in [9.17, 15) is 14.7 Å². The number of morpholine rings is 1. The number of ether oxygens (including phenoxy) is 3. The highest BCUT2D eigenvalue weighted by molar-refractivity contribution is 6.25. The van der Waals surface area contributed by atoms with Gasteiger partial charge in [-0.15, -0.1) is 0 Å². The second kappa shape index (κ2) is 18.4. The number of benzene rings is 4. The fourth-order valence-corrected chi connectivity index (χ4v) is 10.4. The molecule has 3 fully saturated rings. The number of urea groups is 1. The lowest BCUT2D eigenvalue weighted by atomic mass is 9.65. The van der Waals surface area contributed by atoms with Crippen molar-refractivity contribution in [3.8, 4) is 5.75 Å². The van der Waals surface area contributed by atoms with Gasteiger partial charge in [0.25, 0.3) is 0 Å². The zero-order chi connectivity index (χ0) is 46.1. The zero-order valence-corrected chi connectivity index (χ0v) is 36.8.